The molecule has 0 spiro atoms. The highest BCUT2D eigenvalue weighted by atomic mass is 16.6. The molecule has 6 heteroatoms. The van der Waals surface area contributed by atoms with Crippen molar-refractivity contribution in [1.29, 1.82) is 0 Å². The van der Waals surface area contributed by atoms with Gasteiger partial charge in [0.05, 0.1) is 19.6 Å². The van der Waals surface area contributed by atoms with Gasteiger partial charge in [-0.2, -0.15) is 0 Å². The number of quaternary nitrogens is 1. The minimum atomic E-state index is 0.172. The van der Waals surface area contributed by atoms with Gasteiger partial charge in [0.25, 0.3) is 5.89 Å². The smallest absolute Gasteiger partial charge is 0.445 e. The third-order valence-electron chi connectivity index (χ3n) is 5.68. The van der Waals surface area contributed by atoms with E-state index >= 15 is 0 Å². The standard InChI is InChI=1S/C17H19BN3O2/c18-21-8-11-6-13(9-21)15(14(7-11)10-21)22-17-20-19-16(23-17)12-4-2-1-3-5-12/h1-5,11,13-15H,6-10H2/q+1. The van der Waals surface area contributed by atoms with E-state index in [0.717, 1.165) is 35.5 Å². The van der Waals surface area contributed by atoms with Crippen molar-refractivity contribution in [2.45, 2.75) is 18.9 Å². The van der Waals surface area contributed by atoms with Crippen LogP contribution in [0.3, 0.4) is 0 Å². The minimum Gasteiger partial charge on any atom is -0.445 e. The van der Waals surface area contributed by atoms with Crippen LogP contribution in [0.4, 0.5) is 0 Å². The molecule has 5 nitrogen and oxygen atoms in total. The lowest BCUT2D eigenvalue weighted by molar-refractivity contribution is -0.852. The second-order valence-electron chi connectivity index (χ2n) is 7.45. The lowest BCUT2D eigenvalue weighted by Crippen LogP contribution is -2.70. The van der Waals surface area contributed by atoms with E-state index in [4.69, 9.17) is 17.1 Å². The third-order valence-corrected chi connectivity index (χ3v) is 5.68. The molecule has 4 aliphatic rings. The monoisotopic (exact) mass is 308 g/mol. The van der Waals surface area contributed by atoms with Crippen LogP contribution in [0.1, 0.15) is 12.8 Å². The Balaban J connectivity index is 1.36. The first kappa shape index (κ1) is 13.6. The Labute approximate surface area is 136 Å². The van der Waals surface area contributed by atoms with Gasteiger partial charge >= 0.3 is 14.1 Å². The number of aromatic nitrogens is 2. The number of hydrogen-bond donors (Lipinski definition) is 0. The van der Waals surface area contributed by atoms with Crippen LogP contribution in [0.25, 0.3) is 11.5 Å². The molecule has 3 saturated heterocycles. The van der Waals surface area contributed by atoms with Gasteiger partial charge in [0, 0.05) is 23.3 Å². The van der Waals surface area contributed by atoms with Crippen molar-refractivity contribution in [2.24, 2.45) is 17.8 Å². The molecule has 4 bridgehead atoms. The van der Waals surface area contributed by atoms with E-state index in [1.807, 2.05) is 30.3 Å². The van der Waals surface area contributed by atoms with Crippen LogP contribution >= 0.6 is 0 Å². The van der Waals surface area contributed by atoms with Crippen LogP contribution in [0, 0.1) is 17.8 Å². The lowest BCUT2D eigenvalue weighted by Gasteiger charge is -2.59. The van der Waals surface area contributed by atoms with Gasteiger partial charge in [-0.25, -0.2) is 0 Å². The molecule has 1 aliphatic carbocycles. The fourth-order valence-corrected chi connectivity index (χ4v) is 5.05. The Hall–Kier alpha value is -1.82. The summed E-state index contributed by atoms with van der Waals surface area (Å²) < 4.78 is 12.6. The molecule has 4 fully saturated rings. The summed E-state index contributed by atoms with van der Waals surface area (Å²) in [6, 6.07) is 9.78. The number of nitrogens with zero attached hydrogens (tertiary/aromatic N) is 3. The third kappa shape index (κ3) is 2.27. The van der Waals surface area contributed by atoms with E-state index in [-0.39, 0.29) is 6.10 Å². The van der Waals surface area contributed by atoms with Crippen LogP contribution in [-0.4, -0.2) is 48.3 Å². The summed E-state index contributed by atoms with van der Waals surface area (Å²) in [7, 11) is 6.49. The van der Waals surface area contributed by atoms with Crippen molar-refractivity contribution in [1.82, 2.24) is 10.2 Å². The topological polar surface area (TPSA) is 48.2 Å². The first-order valence-corrected chi connectivity index (χ1v) is 8.39. The normalized spacial score (nSPS) is 37.9. The second kappa shape index (κ2) is 4.84. The molecule has 4 heterocycles. The number of piperidine rings is 3. The quantitative estimate of drug-likeness (QED) is 0.814. The maximum Gasteiger partial charge on any atom is 0.481 e. The number of hydrogen-bond acceptors (Lipinski definition) is 4. The van der Waals surface area contributed by atoms with Gasteiger partial charge in [0.1, 0.15) is 6.10 Å². The number of benzene rings is 1. The van der Waals surface area contributed by atoms with Gasteiger partial charge in [-0.15, -0.1) is 5.10 Å². The molecule has 0 amide bonds. The summed E-state index contributed by atoms with van der Waals surface area (Å²) in [4.78, 5) is 0. The van der Waals surface area contributed by atoms with Crippen molar-refractivity contribution in [3.63, 3.8) is 0 Å². The van der Waals surface area contributed by atoms with Crippen LogP contribution in [-0.2, 0) is 0 Å². The van der Waals surface area contributed by atoms with Gasteiger partial charge in [0.15, 0.2) is 0 Å². The molecule has 1 saturated carbocycles. The average molecular weight is 308 g/mol. The average Bonchev–Trinajstić information content (AvgIpc) is 2.99. The van der Waals surface area contributed by atoms with Gasteiger partial charge in [-0.05, 0) is 25.0 Å². The molecule has 2 aromatic rings. The first-order chi connectivity index (χ1) is 11.2. The zero-order valence-corrected chi connectivity index (χ0v) is 13.0. The molecule has 0 N–H and O–H groups in total. The fraction of sp³-hybridized carbons (Fsp3) is 0.529. The molecular weight excluding hydrogens is 289 g/mol. The van der Waals surface area contributed by atoms with Crippen LogP contribution in [0.5, 0.6) is 6.08 Å². The highest BCUT2D eigenvalue weighted by Crippen LogP contribution is 2.47. The van der Waals surface area contributed by atoms with E-state index in [0.29, 0.717) is 23.8 Å². The summed E-state index contributed by atoms with van der Waals surface area (Å²) in [5.41, 5.74) is 0.914. The van der Waals surface area contributed by atoms with Gasteiger partial charge < -0.3 is 13.5 Å². The molecule has 6 rings (SSSR count). The Bertz CT molecular complexity index is 704. The maximum atomic E-state index is 6.49. The van der Waals surface area contributed by atoms with Crippen molar-refractivity contribution in [3.05, 3.63) is 30.3 Å². The summed E-state index contributed by atoms with van der Waals surface area (Å²) in [5, 5.41) is 8.20. The van der Waals surface area contributed by atoms with E-state index in [2.05, 4.69) is 10.2 Å². The molecule has 2 atom stereocenters. The fourth-order valence-electron chi connectivity index (χ4n) is 5.05. The Morgan fingerprint density at radius 3 is 2.48 bits per heavy atom. The van der Waals surface area contributed by atoms with E-state index < -0.39 is 0 Å². The summed E-state index contributed by atoms with van der Waals surface area (Å²) >= 11 is 0. The molecule has 3 aliphatic heterocycles. The van der Waals surface area contributed by atoms with Crippen LogP contribution in [0.2, 0.25) is 0 Å². The Morgan fingerprint density at radius 2 is 1.78 bits per heavy atom. The first-order valence-electron chi connectivity index (χ1n) is 8.39. The van der Waals surface area contributed by atoms with Gasteiger partial charge in [0.2, 0.25) is 0 Å². The van der Waals surface area contributed by atoms with E-state index in [1.54, 1.807) is 0 Å². The molecule has 2 unspecified atom stereocenters. The summed E-state index contributed by atoms with van der Waals surface area (Å²) in [6.07, 6.45) is 2.90. The summed E-state index contributed by atoms with van der Waals surface area (Å²) in [5.74, 6) is 2.30. The predicted molar refractivity (Wildman–Crippen MR) is 84.5 cm³/mol. The highest BCUT2D eigenvalue weighted by molar-refractivity contribution is 5.97. The zero-order chi connectivity index (χ0) is 15.4. The van der Waals surface area contributed by atoms with Gasteiger partial charge in [-0.1, -0.05) is 23.3 Å². The molecule has 2 radical (unpaired) electrons. The lowest BCUT2D eigenvalue weighted by atomic mass is 9.63. The Kier molecular flexibility index (Phi) is 2.86. The molecule has 1 aromatic heterocycles. The SMILES string of the molecule is [B][N+]12CC3CC(C1)C(Oc1nnc(-c4ccccc4)o1)C(C3)C2. The minimum absolute atomic E-state index is 0.172. The number of rotatable bonds is 3. The van der Waals surface area contributed by atoms with E-state index in [1.165, 1.54) is 12.8 Å². The highest BCUT2D eigenvalue weighted by Gasteiger charge is 2.55. The summed E-state index contributed by atoms with van der Waals surface area (Å²) in [6.45, 7) is 3.16. The van der Waals surface area contributed by atoms with Crippen molar-refractivity contribution < 1.29 is 13.5 Å². The predicted octanol–water partition coefficient (Wildman–Crippen LogP) is 2.05. The second-order valence-corrected chi connectivity index (χ2v) is 7.45. The molecule has 1 aromatic carbocycles. The van der Waals surface area contributed by atoms with Gasteiger partial charge in [-0.3, -0.25) is 0 Å². The van der Waals surface area contributed by atoms with Crippen molar-refractivity contribution >= 4 is 7.98 Å². The zero-order valence-electron chi connectivity index (χ0n) is 13.0. The molecule has 23 heavy (non-hydrogen) atoms. The largest absolute Gasteiger partial charge is 0.481 e. The Morgan fingerprint density at radius 1 is 1.04 bits per heavy atom. The van der Waals surface area contributed by atoms with Crippen LogP contribution < -0.4 is 4.74 Å². The van der Waals surface area contributed by atoms with Crippen molar-refractivity contribution in [3.8, 4) is 17.5 Å². The molecule has 116 valence electrons. The number of ether oxygens (including phenoxy) is 1. The van der Waals surface area contributed by atoms with Crippen LogP contribution in [0.15, 0.2) is 34.7 Å². The maximum absolute atomic E-state index is 6.49. The molecular formula is C17H19BN3O2+. The van der Waals surface area contributed by atoms with Crippen molar-refractivity contribution in [2.75, 3.05) is 19.6 Å². The van der Waals surface area contributed by atoms with E-state index in [9.17, 15) is 0 Å².